The molecule has 1 N–H and O–H groups in total. The molecule has 7 nitrogen and oxygen atoms in total. The number of likely N-dealkylation sites (N-methyl/N-ethyl adjacent to an activating group) is 1. The van der Waals surface area contributed by atoms with Crippen molar-refractivity contribution in [1.29, 1.82) is 0 Å². The van der Waals surface area contributed by atoms with E-state index in [1.54, 1.807) is 18.9 Å². The molecule has 1 unspecified atom stereocenters. The molecule has 0 aromatic heterocycles. The molecule has 7 heteroatoms. The molecule has 0 bridgehead atoms. The van der Waals surface area contributed by atoms with Gasteiger partial charge in [0.1, 0.15) is 12.1 Å². The van der Waals surface area contributed by atoms with E-state index in [0.29, 0.717) is 12.1 Å². The van der Waals surface area contributed by atoms with Crippen molar-refractivity contribution in [2.24, 2.45) is 0 Å². The maximum absolute atomic E-state index is 13.4. The molecule has 3 aromatic rings. The predicted octanol–water partition coefficient (Wildman–Crippen LogP) is 4.26. The van der Waals surface area contributed by atoms with Crippen LogP contribution in [0.15, 0.2) is 66.7 Å². The second-order valence-electron chi connectivity index (χ2n) is 9.93. The van der Waals surface area contributed by atoms with Crippen LogP contribution in [0.4, 0.5) is 10.5 Å². The number of imide groups is 1. The smallest absolute Gasteiger partial charge is 0.325 e. The first kappa shape index (κ1) is 23.9. The third-order valence-electron chi connectivity index (χ3n) is 7.42. The van der Waals surface area contributed by atoms with Gasteiger partial charge >= 0.3 is 6.03 Å². The monoisotopic (exact) mass is 484 g/mol. The van der Waals surface area contributed by atoms with Gasteiger partial charge in [0.15, 0.2) is 0 Å². The van der Waals surface area contributed by atoms with Gasteiger partial charge in [-0.1, -0.05) is 54.6 Å². The van der Waals surface area contributed by atoms with Crippen molar-refractivity contribution >= 4 is 34.3 Å². The van der Waals surface area contributed by atoms with E-state index in [0.717, 1.165) is 40.0 Å². The summed E-state index contributed by atoms with van der Waals surface area (Å²) in [5, 5.41) is 4.86. The molecule has 1 atom stereocenters. The summed E-state index contributed by atoms with van der Waals surface area (Å²) in [6.45, 7) is 3.85. The molecule has 0 spiro atoms. The number of piperidine rings is 1. The third-order valence-corrected chi connectivity index (χ3v) is 7.42. The van der Waals surface area contributed by atoms with Gasteiger partial charge < -0.3 is 15.1 Å². The second-order valence-corrected chi connectivity index (χ2v) is 9.93. The Morgan fingerprint density at radius 2 is 1.64 bits per heavy atom. The molecule has 2 aliphatic rings. The van der Waals surface area contributed by atoms with E-state index in [4.69, 9.17) is 0 Å². The molecule has 0 aliphatic carbocycles. The van der Waals surface area contributed by atoms with Crippen molar-refractivity contribution in [3.8, 4) is 0 Å². The molecular weight excluding hydrogens is 452 g/mol. The van der Waals surface area contributed by atoms with Gasteiger partial charge in [0.25, 0.3) is 5.91 Å². The zero-order valence-corrected chi connectivity index (χ0v) is 20.9. The zero-order chi connectivity index (χ0) is 25.3. The van der Waals surface area contributed by atoms with Crippen LogP contribution in [0.25, 0.3) is 10.8 Å². The van der Waals surface area contributed by atoms with Crippen LogP contribution in [0.5, 0.6) is 0 Å². The molecule has 5 rings (SSSR count). The first-order valence-electron chi connectivity index (χ1n) is 12.6. The fourth-order valence-corrected chi connectivity index (χ4v) is 5.22. The van der Waals surface area contributed by atoms with Crippen LogP contribution in [0.2, 0.25) is 0 Å². The Balaban J connectivity index is 1.30. The summed E-state index contributed by atoms with van der Waals surface area (Å²) < 4.78 is 0. The number of amides is 4. The quantitative estimate of drug-likeness (QED) is 0.531. The van der Waals surface area contributed by atoms with Gasteiger partial charge in [0, 0.05) is 32.4 Å². The molecule has 3 aromatic carbocycles. The minimum Gasteiger partial charge on any atom is -0.371 e. The molecule has 2 fully saturated rings. The summed E-state index contributed by atoms with van der Waals surface area (Å²) in [6.07, 6.45) is 3.59. The number of rotatable bonds is 6. The average molecular weight is 485 g/mol. The SMILES string of the molecule is CN(Cc1ccccc1N1CCCCC1)C(=O)CN1C(=O)NC(C)(c2ccc3ccccc3c2)C1=O. The number of hydrogen-bond donors (Lipinski definition) is 1. The first-order chi connectivity index (χ1) is 17.4. The fraction of sp³-hybridized carbons (Fsp3) is 0.345. The Bertz CT molecular complexity index is 1320. The maximum Gasteiger partial charge on any atom is 0.325 e. The lowest BCUT2D eigenvalue weighted by atomic mass is 9.90. The number of para-hydroxylation sites is 1. The molecule has 36 heavy (non-hydrogen) atoms. The van der Waals surface area contributed by atoms with Crippen LogP contribution in [0, 0.1) is 0 Å². The lowest BCUT2D eigenvalue weighted by molar-refractivity contribution is -0.138. The van der Waals surface area contributed by atoms with Gasteiger partial charge in [0.2, 0.25) is 5.91 Å². The van der Waals surface area contributed by atoms with Crippen LogP contribution < -0.4 is 10.2 Å². The average Bonchev–Trinajstić information content (AvgIpc) is 3.12. The van der Waals surface area contributed by atoms with Crippen molar-refractivity contribution < 1.29 is 14.4 Å². The highest BCUT2D eigenvalue weighted by Gasteiger charge is 2.49. The summed E-state index contributed by atoms with van der Waals surface area (Å²) in [5.41, 5.74) is 1.68. The Labute approximate surface area is 211 Å². The Kier molecular flexibility index (Phi) is 6.39. The third kappa shape index (κ3) is 4.41. The standard InChI is InChI=1S/C29H32N4O3/c1-29(24-15-14-21-10-4-5-11-22(21)18-24)27(35)33(28(36)30-29)20-26(34)31(2)19-23-12-6-7-13-25(23)32-16-8-3-9-17-32/h4-7,10-15,18H,3,8-9,16-17,19-20H2,1-2H3,(H,30,36). The highest BCUT2D eigenvalue weighted by atomic mass is 16.2. The fourth-order valence-electron chi connectivity index (χ4n) is 5.22. The van der Waals surface area contributed by atoms with E-state index in [1.807, 2.05) is 60.7 Å². The molecule has 4 amide bonds. The number of carbonyl (C=O) groups is 3. The second kappa shape index (κ2) is 9.64. The van der Waals surface area contributed by atoms with Gasteiger partial charge in [-0.3, -0.25) is 14.5 Å². The van der Waals surface area contributed by atoms with Crippen LogP contribution in [0.3, 0.4) is 0 Å². The van der Waals surface area contributed by atoms with Crippen molar-refractivity contribution in [2.75, 3.05) is 31.6 Å². The Morgan fingerprint density at radius 3 is 2.42 bits per heavy atom. The van der Waals surface area contributed by atoms with Gasteiger partial charge in [-0.25, -0.2) is 4.79 Å². The number of carbonyl (C=O) groups excluding carboxylic acids is 3. The van der Waals surface area contributed by atoms with E-state index in [2.05, 4.69) is 16.3 Å². The summed E-state index contributed by atoms with van der Waals surface area (Å²) in [7, 11) is 1.72. The lowest BCUT2D eigenvalue weighted by Crippen LogP contribution is -2.43. The van der Waals surface area contributed by atoms with E-state index in [1.165, 1.54) is 19.3 Å². The molecule has 0 saturated carbocycles. The van der Waals surface area contributed by atoms with E-state index in [9.17, 15) is 14.4 Å². The van der Waals surface area contributed by atoms with E-state index < -0.39 is 17.5 Å². The summed E-state index contributed by atoms with van der Waals surface area (Å²) in [5.74, 6) is -0.701. The highest BCUT2D eigenvalue weighted by Crippen LogP contribution is 2.31. The van der Waals surface area contributed by atoms with Crippen LogP contribution in [-0.4, -0.2) is 54.3 Å². The number of hydrogen-bond acceptors (Lipinski definition) is 4. The number of nitrogens with one attached hydrogen (secondary N) is 1. The Hall–Kier alpha value is -3.87. The van der Waals surface area contributed by atoms with Gasteiger partial charge in [-0.2, -0.15) is 0 Å². The van der Waals surface area contributed by atoms with E-state index >= 15 is 0 Å². The summed E-state index contributed by atoms with van der Waals surface area (Å²) >= 11 is 0. The predicted molar refractivity (Wildman–Crippen MR) is 141 cm³/mol. The van der Waals surface area contributed by atoms with Crippen molar-refractivity contribution in [3.63, 3.8) is 0 Å². The minimum absolute atomic E-state index is 0.283. The van der Waals surface area contributed by atoms with Gasteiger partial charge in [0.05, 0.1) is 0 Å². The lowest BCUT2D eigenvalue weighted by Gasteiger charge is -2.31. The highest BCUT2D eigenvalue weighted by molar-refractivity contribution is 6.09. The maximum atomic E-state index is 13.4. The molecule has 0 radical (unpaired) electrons. The Morgan fingerprint density at radius 1 is 0.944 bits per heavy atom. The van der Waals surface area contributed by atoms with Crippen molar-refractivity contribution in [1.82, 2.24) is 15.1 Å². The summed E-state index contributed by atoms with van der Waals surface area (Å²) in [6, 6.07) is 21.2. The largest absolute Gasteiger partial charge is 0.371 e. The first-order valence-corrected chi connectivity index (χ1v) is 12.6. The number of nitrogens with zero attached hydrogens (tertiary/aromatic N) is 3. The number of anilines is 1. The topological polar surface area (TPSA) is 73.0 Å². The minimum atomic E-state index is -1.22. The number of urea groups is 1. The molecule has 186 valence electrons. The molecule has 2 saturated heterocycles. The number of fused-ring (bicyclic) bond motifs is 1. The molecular formula is C29H32N4O3. The van der Waals surface area contributed by atoms with Crippen molar-refractivity contribution in [3.05, 3.63) is 77.9 Å². The van der Waals surface area contributed by atoms with Gasteiger partial charge in [-0.15, -0.1) is 0 Å². The molecule has 2 heterocycles. The van der Waals surface area contributed by atoms with Gasteiger partial charge in [-0.05, 0) is 60.2 Å². The zero-order valence-electron chi connectivity index (χ0n) is 20.9. The normalized spacial score (nSPS) is 20.1. The number of benzene rings is 3. The van der Waals surface area contributed by atoms with E-state index in [-0.39, 0.29) is 12.5 Å². The van der Waals surface area contributed by atoms with Crippen LogP contribution in [-0.2, 0) is 21.7 Å². The summed E-state index contributed by atoms with van der Waals surface area (Å²) in [4.78, 5) is 44.4. The van der Waals surface area contributed by atoms with Crippen LogP contribution in [0.1, 0.15) is 37.3 Å². The van der Waals surface area contributed by atoms with Crippen molar-refractivity contribution in [2.45, 2.75) is 38.3 Å². The molecule has 2 aliphatic heterocycles. The van der Waals surface area contributed by atoms with Crippen LogP contribution >= 0.6 is 0 Å².